The number of hydrogen-bond acceptors (Lipinski definition) is 2. The second kappa shape index (κ2) is 6.39. The van der Waals surface area contributed by atoms with E-state index in [0.717, 1.165) is 28.6 Å². The standard InChI is InChI=1S/C20H22N2O/c1-13-4-6-16(7-5-13)11-21-12-17-10-18-15(3)8-14(2)9-19(18)22-20(17)23/h4-10,21H,11-12H2,1-3H3,(H,22,23). The number of aryl methyl sites for hydroxylation is 3. The van der Waals surface area contributed by atoms with Crippen LogP contribution < -0.4 is 10.9 Å². The highest BCUT2D eigenvalue weighted by molar-refractivity contribution is 5.83. The molecule has 0 spiro atoms. The van der Waals surface area contributed by atoms with Gasteiger partial charge in [-0.05, 0) is 49.6 Å². The van der Waals surface area contributed by atoms with Crippen LogP contribution in [0.4, 0.5) is 0 Å². The number of rotatable bonds is 4. The van der Waals surface area contributed by atoms with Crippen LogP contribution in [0.1, 0.15) is 27.8 Å². The third-order valence-electron chi connectivity index (χ3n) is 4.15. The maximum atomic E-state index is 12.2. The maximum absolute atomic E-state index is 12.2. The topological polar surface area (TPSA) is 44.9 Å². The molecular weight excluding hydrogens is 284 g/mol. The predicted octanol–water partition coefficient (Wildman–Crippen LogP) is 3.74. The molecule has 2 aromatic carbocycles. The monoisotopic (exact) mass is 306 g/mol. The summed E-state index contributed by atoms with van der Waals surface area (Å²) in [7, 11) is 0. The van der Waals surface area contributed by atoms with Crippen molar-refractivity contribution in [2.24, 2.45) is 0 Å². The molecule has 0 fully saturated rings. The van der Waals surface area contributed by atoms with Crippen molar-refractivity contribution in [1.82, 2.24) is 10.3 Å². The van der Waals surface area contributed by atoms with Gasteiger partial charge in [0.1, 0.15) is 0 Å². The van der Waals surface area contributed by atoms with E-state index < -0.39 is 0 Å². The van der Waals surface area contributed by atoms with Crippen LogP contribution in [0.3, 0.4) is 0 Å². The Morgan fingerprint density at radius 1 is 0.913 bits per heavy atom. The molecule has 3 rings (SSSR count). The molecule has 0 amide bonds. The predicted molar refractivity (Wildman–Crippen MR) is 95.8 cm³/mol. The Kier molecular flexibility index (Phi) is 4.30. The van der Waals surface area contributed by atoms with Crippen LogP contribution in [-0.2, 0) is 13.1 Å². The van der Waals surface area contributed by atoms with Crippen molar-refractivity contribution in [2.45, 2.75) is 33.9 Å². The number of pyridine rings is 1. The SMILES string of the molecule is Cc1ccc(CNCc2cc3c(C)cc(C)cc3[nH]c2=O)cc1. The van der Waals surface area contributed by atoms with Gasteiger partial charge in [-0.25, -0.2) is 0 Å². The quantitative estimate of drug-likeness (QED) is 0.771. The molecule has 23 heavy (non-hydrogen) atoms. The summed E-state index contributed by atoms with van der Waals surface area (Å²) in [6, 6.07) is 14.6. The van der Waals surface area contributed by atoms with Gasteiger partial charge in [0.05, 0.1) is 0 Å². The Labute approximate surface area is 136 Å². The number of H-pyrrole nitrogens is 1. The van der Waals surface area contributed by atoms with E-state index in [1.54, 1.807) is 0 Å². The Morgan fingerprint density at radius 2 is 1.65 bits per heavy atom. The van der Waals surface area contributed by atoms with Crippen molar-refractivity contribution < 1.29 is 0 Å². The fourth-order valence-corrected chi connectivity index (χ4v) is 2.89. The molecule has 1 aromatic heterocycles. The first-order valence-electron chi connectivity index (χ1n) is 7.92. The van der Waals surface area contributed by atoms with E-state index in [-0.39, 0.29) is 5.56 Å². The summed E-state index contributed by atoms with van der Waals surface area (Å²) >= 11 is 0. The first kappa shape index (κ1) is 15.5. The van der Waals surface area contributed by atoms with E-state index in [4.69, 9.17) is 0 Å². The van der Waals surface area contributed by atoms with Crippen LogP contribution in [-0.4, -0.2) is 4.98 Å². The van der Waals surface area contributed by atoms with Gasteiger partial charge in [-0.2, -0.15) is 0 Å². The van der Waals surface area contributed by atoms with E-state index >= 15 is 0 Å². The molecular formula is C20H22N2O. The largest absolute Gasteiger partial charge is 0.322 e. The van der Waals surface area contributed by atoms with Crippen LogP contribution in [0.15, 0.2) is 47.3 Å². The number of aromatic nitrogens is 1. The average molecular weight is 306 g/mol. The molecule has 2 N–H and O–H groups in total. The molecule has 3 heteroatoms. The van der Waals surface area contributed by atoms with Gasteiger partial charge in [0.15, 0.2) is 0 Å². The van der Waals surface area contributed by atoms with Crippen molar-refractivity contribution >= 4 is 10.9 Å². The van der Waals surface area contributed by atoms with E-state index in [9.17, 15) is 4.79 Å². The van der Waals surface area contributed by atoms with E-state index in [1.165, 1.54) is 16.7 Å². The number of hydrogen-bond donors (Lipinski definition) is 2. The van der Waals surface area contributed by atoms with Gasteiger partial charge >= 0.3 is 0 Å². The van der Waals surface area contributed by atoms with Crippen molar-refractivity contribution in [3.63, 3.8) is 0 Å². The molecule has 3 aromatic rings. The summed E-state index contributed by atoms with van der Waals surface area (Å²) in [5.41, 5.74) is 6.50. The van der Waals surface area contributed by atoms with Crippen LogP contribution in [0.5, 0.6) is 0 Å². The van der Waals surface area contributed by atoms with Crippen LogP contribution >= 0.6 is 0 Å². The maximum Gasteiger partial charge on any atom is 0.252 e. The smallest absolute Gasteiger partial charge is 0.252 e. The molecule has 0 aliphatic rings. The third kappa shape index (κ3) is 3.51. The summed E-state index contributed by atoms with van der Waals surface area (Å²) in [6.07, 6.45) is 0. The molecule has 0 saturated carbocycles. The molecule has 0 radical (unpaired) electrons. The van der Waals surface area contributed by atoms with Gasteiger partial charge in [-0.1, -0.05) is 35.9 Å². The first-order chi connectivity index (χ1) is 11.0. The molecule has 3 nitrogen and oxygen atoms in total. The summed E-state index contributed by atoms with van der Waals surface area (Å²) in [6.45, 7) is 7.52. The zero-order chi connectivity index (χ0) is 16.4. The summed E-state index contributed by atoms with van der Waals surface area (Å²) in [5.74, 6) is 0. The lowest BCUT2D eigenvalue weighted by Gasteiger charge is -2.08. The Bertz CT molecular complexity index is 892. The minimum atomic E-state index is -0.0149. The molecule has 0 unspecified atom stereocenters. The highest BCUT2D eigenvalue weighted by Crippen LogP contribution is 2.18. The highest BCUT2D eigenvalue weighted by atomic mass is 16.1. The molecule has 118 valence electrons. The molecule has 1 heterocycles. The minimum Gasteiger partial charge on any atom is -0.322 e. The lowest BCUT2D eigenvalue weighted by Crippen LogP contribution is -2.20. The number of aromatic amines is 1. The second-order valence-corrected chi connectivity index (χ2v) is 6.26. The second-order valence-electron chi connectivity index (χ2n) is 6.26. The number of fused-ring (bicyclic) bond motifs is 1. The van der Waals surface area contributed by atoms with Crippen molar-refractivity contribution in [1.29, 1.82) is 0 Å². The van der Waals surface area contributed by atoms with Crippen molar-refractivity contribution in [2.75, 3.05) is 0 Å². The van der Waals surface area contributed by atoms with Gasteiger partial charge in [0, 0.05) is 29.6 Å². The lowest BCUT2D eigenvalue weighted by molar-refractivity contribution is 0.688. The normalized spacial score (nSPS) is 11.1. The fourth-order valence-electron chi connectivity index (χ4n) is 2.89. The molecule has 0 saturated heterocycles. The summed E-state index contributed by atoms with van der Waals surface area (Å²) in [4.78, 5) is 15.2. The van der Waals surface area contributed by atoms with Crippen molar-refractivity contribution in [3.8, 4) is 0 Å². The molecule has 0 aliphatic heterocycles. The molecule has 0 bridgehead atoms. The Hall–Kier alpha value is -2.39. The number of nitrogens with one attached hydrogen (secondary N) is 2. The van der Waals surface area contributed by atoms with E-state index in [2.05, 4.69) is 54.5 Å². The van der Waals surface area contributed by atoms with Crippen LogP contribution in [0.25, 0.3) is 10.9 Å². The summed E-state index contributed by atoms with van der Waals surface area (Å²) in [5, 5.41) is 4.47. The minimum absolute atomic E-state index is 0.0149. The molecule has 0 aliphatic carbocycles. The zero-order valence-corrected chi connectivity index (χ0v) is 13.9. The van der Waals surface area contributed by atoms with Crippen LogP contribution in [0, 0.1) is 20.8 Å². The van der Waals surface area contributed by atoms with Gasteiger partial charge in [-0.3, -0.25) is 4.79 Å². The Balaban J connectivity index is 1.78. The third-order valence-corrected chi connectivity index (χ3v) is 4.15. The summed E-state index contributed by atoms with van der Waals surface area (Å²) < 4.78 is 0. The van der Waals surface area contributed by atoms with Gasteiger partial charge < -0.3 is 10.3 Å². The average Bonchev–Trinajstić information content (AvgIpc) is 2.50. The first-order valence-corrected chi connectivity index (χ1v) is 7.92. The Morgan fingerprint density at radius 3 is 2.39 bits per heavy atom. The zero-order valence-electron chi connectivity index (χ0n) is 13.9. The van der Waals surface area contributed by atoms with E-state index in [1.807, 2.05) is 19.1 Å². The highest BCUT2D eigenvalue weighted by Gasteiger charge is 2.05. The fraction of sp³-hybridized carbons (Fsp3) is 0.250. The van der Waals surface area contributed by atoms with E-state index in [0.29, 0.717) is 6.54 Å². The number of benzene rings is 2. The van der Waals surface area contributed by atoms with Gasteiger partial charge in [-0.15, -0.1) is 0 Å². The van der Waals surface area contributed by atoms with Crippen LogP contribution in [0.2, 0.25) is 0 Å². The van der Waals surface area contributed by atoms with Crippen molar-refractivity contribution in [3.05, 3.63) is 80.6 Å². The van der Waals surface area contributed by atoms with Gasteiger partial charge in [0.25, 0.3) is 5.56 Å². The van der Waals surface area contributed by atoms with Gasteiger partial charge in [0.2, 0.25) is 0 Å². The molecule has 0 atom stereocenters. The lowest BCUT2D eigenvalue weighted by atomic mass is 10.0.